The van der Waals surface area contributed by atoms with E-state index in [1.807, 2.05) is 12.1 Å². The lowest BCUT2D eigenvalue weighted by molar-refractivity contribution is 0.150. The molecule has 3 heteroatoms. The van der Waals surface area contributed by atoms with Gasteiger partial charge in [-0.25, -0.2) is 0 Å². The molecule has 1 saturated carbocycles. The molecule has 84 valence electrons. The van der Waals surface area contributed by atoms with E-state index >= 15 is 0 Å². The van der Waals surface area contributed by atoms with Crippen molar-refractivity contribution in [1.82, 2.24) is 5.32 Å². The van der Waals surface area contributed by atoms with Gasteiger partial charge in [0.05, 0.1) is 18.9 Å². The van der Waals surface area contributed by atoms with Crippen LogP contribution in [0.25, 0.3) is 0 Å². The van der Waals surface area contributed by atoms with Crippen molar-refractivity contribution in [1.29, 1.82) is 0 Å². The predicted molar refractivity (Wildman–Crippen MR) is 58.6 cm³/mol. The van der Waals surface area contributed by atoms with Crippen LogP contribution in [0, 0.1) is 5.92 Å². The second-order valence-corrected chi connectivity index (χ2v) is 4.30. The molecular formula is C12H19NO2. The Labute approximate surface area is 90.8 Å². The van der Waals surface area contributed by atoms with Crippen molar-refractivity contribution < 1.29 is 9.15 Å². The molecule has 0 aliphatic heterocycles. The van der Waals surface area contributed by atoms with E-state index in [4.69, 9.17) is 9.15 Å². The summed E-state index contributed by atoms with van der Waals surface area (Å²) in [4.78, 5) is 0. The largest absolute Gasteiger partial charge is 0.468 e. The highest BCUT2D eigenvalue weighted by atomic mass is 16.5. The van der Waals surface area contributed by atoms with Gasteiger partial charge >= 0.3 is 0 Å². The number of nitrogens with one attached hydrogen (secondary N) is 1. The summed E-state index contributed by atoms with van der Waals surface area (Å²) in [6, 6.07) is 4.67. The molecule has 0 saturated heterocycles. The van der Waals surface area contributed by atoms with Crippen molar-refractivity contribution in [3.05, 3.63) is 24.2 Å². The van der Waals surface area contributed by atoms with E-state index in [1.54, 1.807) is 13.4 Å². The quantitative estimate of drug-likeness (QED) is 0.781. The maximum absolute atomic E-state index is 5.37. The summed E-state index contributed by atoms with van der Waals surface area (Å²) >= 11 is 0. The summed E-state index contributed by atoms with van der Waals surface area (Å²) in [6.07, 6.45) is 4.37. The van der Waals surface area contributed by atoms with Gasteiger partial charge in [0.15, 0.2) is 0 Å². The number of hydrogen-bond acceptors (Lipinski definition) is 3. The molecule has 1 aliphatic carbocycles. The molecule has 1 fully saturated rings. The first-order valence-electron chi connectivity index (χ1n) is 5.59. The molecule has 0 aromatic carbocycles. The minimum absolute atomic E-state index is 0.265. The molecule has 1 unspecified atom stereocenters. The monoisotopic (exact) mass is 209 g/mol. The molecular weight excluding hydrogens is 190 g/mol. The van der Waals surface area contributed by atoms with Gasteiger partial charge in [0.25, 0.3) is 0 Å². The summed E-state index contributed by atoms with van der Waals surface area (Å²) in [5.74, 6) is 1.79. The second-order valence-electron chi connectivity index (χ2n) is 4.30. The van der Waals surface area contributed by atoms with E-state index in [9.17, 15) is 0 Å². The smallest absolute Gasteiger partial charge is 0.120 e. The van der Waals surface area contributed by atoms with Crippen LogP contribution in [0.2, 0.25) is 0 Å². The molecule has 1 aliphatic rings. The highest BCUT2D eigenvalue weighted by Crippen LogP contribution is 2.33. The first-order chi connectivity index (χ1) is 7.31. The van der Waals surface area contributed by atoms with Gasteiger partial charge in [-0.05, 0) is 37.8 Å². The number of rotatable bonds is 6. The fraction of sp³-hybridized carbons (Fsp3) is 0.667. The molecule has 15 heavy (non-hydrogen) atoms. The fourth-order valence-electron chi connectivity index (χ4n) is 1.94. The van der Waals surface area contributed by atoms with Crippen LogP contribution in [0.5, 0.6) is 0 Å². The zero-order chi connectivity index (χ0) is 10.7. The van der Waals surface area contributed by atoms with Crippen LogP contribution >= 0.6 is 0 Å². The first-order valence-corrected chi connectivity index (χ1v) is 5.59. The van der Waals surface area contributed by atoms with Crippen molar-refractivity contribution in [2.75, 3.05) is 13.7 Å². The first kappa shape index (κ1) is 10.7. The summed E-state index contributed by atoms with van der Waals surface area (Å²) in [7, 11) is 1.76. The number of furan rings is 1. The van der Waals surface area contributed by atoms with E-state index in [-0.39, 0.29) is 6.04 Å². The molecule has 0 amide bonds. The Kier molecular flexibility index (Phi) is 3.44. The average Bonchev–Trinajstić information content (AvgIpc) is 2.92. The molecule has 1 aromatic heterocycles. The highest BCUT2D eigenvalue weighted by Gasteiger charge is 2.32. The van der Waals surface area contributed by atoms with Gasteiger partial charge in [-0.15, -0.1) is 0 Å². The van der Waals surface area contributed by atoms with Crippen molar-refractivity contribution in [3.8, 4) is 0 Å². The van der Waals surface area contributed by atoms with Crippen LogP contribution in [0.4, 0.5) is 0 Å². The summed E-state index contributed by atoms with van der Waals surface area (Å²) in [5, 5.41) is 3.56. The Morgan fingerprint density at radius 1 is 1.60 bits per heavy atom. The number of ether oxygens (including phenoxy) is 1. The van der Waals surface area contributed by atoms with Crippen LogP contribution in [0.1, 0.15) is 31.6 Å². The molecule has 2 rings (SSSR count). The Bertz CT molecular complexity index is 280. The Morgan fingerprint density at radius 2 is 2.40 bits per heavy atom. The van der Waals surface area contributed by atoms with Crippen LogP contribution in [0.15, 0.2) is 22.8 Å². The standard InChI is InChI=1S/C12H19NO2/c1-9(12-4-3-7-15-12)13-11(8-14-2)10-5-6-10/h3-4,7,9-11,13H,5-6,8H2,1-2H3/t9-,11?/m0/s1. The Balaban J connectivity index is 1.88. The average molecular weight is 209 g/mol. The minimum atomic E-state index is 0.265. The molecule has 0 bridgehead atoms. The van der Waals surface area contributed by atoms with Gasteiger partial charge in [0.2, 0.25) is 0 Å². The maximum atomic E-state index is 5.37. The molecule has 1 aromatic rings. The van der Waals surface area contributed by atoms with Gasteiger partial charge in [-0.3, -0.25) is 0 Å². The second kappa shape index (κ2) is 4.81. The summed E-state index contributed by atoms with van der Waals surface area (Å²) < 4.78 is 10.6. The molecule has 1 heterocycles. The lowest BCUT2D eigenvalue weighted by atomic mass is 10.1. The molecule has 3 nitrogen and oxygen atoms in total. The topological polar surface area (TPSA) is 34.4 Å². The Hall–Kier alpha value is -0.800. The van der Waals surface area contributed by atoms with Gasteiger partial charge in [0, 0.05) is 13.2 Å². The van der Waals surface area contributed by atoms with Crippen molar-refractivity contribution in [2.45, 2.75) is 31.8 Å². The predicted octanol–water partition coefficient (Wildman–Crippen LogP) is 2.36. The van der Waals surface area contributed by atoms with Crippen LogP contribution in [0.3, 0.4) is 0 Å². The van der Waals surface area contributed by atoms with Crippen LogP contribution in [-0.2, 0) is 4.74 Å². The summed E-state index contributed by atoms with van der Waals surface area (Å²) in [6.45, 7) is 2.92. The SMILES string of the molecule is COCC(N[C@@H](C)c1ccco1)C1CC1. The van der Waals surface area contributed by atoms with Crippen molar-refractivity contribution in [3.63, 3.8) is 0 Å². The third-order valence-electron chi connectivity index (χ3n) is 2.97. The fourth-order valence-corrected chi connectivity index (χ4v) is 1.94. The van der Waals surface area contributed by atoms with Crippen LogP contribution in [-0.4, -0.2) is 19.8 Å². The lowest BCUT2D eigenvalue weighted by Crippen LogP contribution is -2.36. The zero-order valence-electron chi connectivity index (χ0n) is 9.40. The third-order valence-corrected chi connectivity index (χ3v) is 2.97. The zero-order valence-corrected chi connectivity index (χ0v) is 9.40. The van der Waals surface area contributed by atoms with Gasteiger partial charge in [-0.2, -0.15) is 0 Å². The van der Waals surface area contributed by atoms with E-state index in [0.717, 1.165) is 18.3 Å². The van der Waals surface area contributed by atoms with E-state index < -0.39 is 0 Å². The number of methoxy groups -OCH3 is 1. The van der Waals surface area contributed by atoms with E-state index in [2.05, 4.69) is 12.2 Å². The van der Waals surface area contributed by atoms with Crippen molar-refractivity contribution >= 4 is 0 Å². The van der Waals surface area contributed by atoms with Gasteiger partial charge < -0.3 is 14.5 Å². The summed E-state index contributed by atoms with van der Waals surface area (Å²) in [5.41, 5.74) is 0. The van der Waals surface area contributed by atoms with Gasteiger partial charge in [0.1, 0.15) is 5.76 Å². The van der Waals surface area contributed by atoms with E-state index in [0.29, 0.717) is 6.04 Å². The van der Waals surface area contributed by atoms with E-state index in [1.165, 1.54) is 12.8 Å². The highest BCUT2D eigenvalue weighted by molar-refractivity contribution is 5.04. The molecule has 1 N–H and O–H groups in total. The molecule has 2 atom stereocenters. The maximum Gasteiger partial charge on any atom is 0.120 e. The normalized spacial score (nSPS) is 20.1. The molecule has 0 spiro atoms. The van der Waals surface area contributed by atoms with Gasteiger partial charge in [-0.1, -0.05) is 0 Å². The third kappa shape index (κ3) is 2.83. The minimum Gasteiger partial charge on any atom is -0.468 e. The Morgan fingerprint density at radius 3 is 2.93 bits per heavy atom. The van der Waals surface area contributed by atoms with Crippen molar-refractivity contribution in [2.24, 2.45) is 5.92 Å². The number of hydrogen-bond donors (Lipinski definition) is 1. The van der Waals surface area contributed by atoms with Crippen LogP contribution < -0.4 is 5.32 Å². The molecule has 0 radical (unpaired) electrons. The lowest BCUT2D eigenvalue weighted by Gasteiger charge is -2.21.